The number of ether oxygens (including phenoxy) is 1. The normalized spacial score (nSPS) is 34.3. The Bertz CT molecular complexity index is 621. The van der Waals surface area contributed by atoms with Crippen molar-refractivity contribution < 1.29 is 13.9 Å². The number of benzene rings is 1. The summed E-state index contributed by atoms with van der Waals surface area (Å²) in [4.78, 5) is 12.3. The summed E-state index contributed by atoms with van der Waals surface area (Å²) in [5.74, 6) is 3.14. The second kappa shape index (κ2) is 5.69. The van der Waals surface area contributed by atoms with Gasteiger partial charge in [0.25, 0.3) is 0 Å². The van der Waals surface area contributed by atoms with Crippen molar-refractivity contribution in [3.8, 4) is 5.75 Å². The fourth-order valence-electron chi connectivity index (χ4n) is 5.33. The van der Waals surface area contributed by atoms with Crippen LogP contribution in [-0.2, 0) is 0 Å². The number of hydrogen-bond donors (Lipinski definition) is 2. The predicted molar refractivity (Wildman–Crippen MR) is 85.9 cm³/mol. The lowest BCUT2D eigenvalue weighted by Crippen LogP contribution is -2.44. The van der Waals surface area contributed by atoms with Gasteiger partial charge in [0, 0.05) is 12.1 Å². The summed E-state index contributed by atoms with van der Waals surface area (Å²) in [7, 11) is 1.47. The molecule has 0 saturated heterocycles. The van der Waals surface area contributed by atoms with E-state index in [1.165, 1.54) is 51.0 Å². The van der Waals surface area contributed by atoms with E-state index in [0.29, 0.717) is 17.4 Å². The van der Waals surface area contributed by atoms with Crippen LogP contribution in [0.4, 0.5) is 14.9 Å². The number of carbonyl (C=O) groups excluding carboxylic acids is 1. The first-order chi connectivity index (χ1) is 11.2. The summed E-state index contributed by atoms with van der Waals surface area (Å²) in [5.41, 5.74) is 0.494. The third kappa shape index (κ3) is 2.56. The molecule has 0 aromatic heterocycles. The van der Waals surface area contributed by atoms with E-state index >= 15 is 0 Å². The van der Waals surface area contributed by atoms with Gasteiger partial charge in [-0.25, -0.2) is 9.18 Å². The van der Waals surface area contributed by atoms with Crippen molar-refractivity contribution in [1.29, 1.82) is 0 Å². The number of methoxy groups -OCH3 is 1. The van der Waals surface area contributed by atoms with Gasteiger partial charge in [0.2, 0.25) is 0 Å². The summed E-state index contributed by atoms with van der Waals surface area (Å²) >= 11 is 0. The van der Waals surface area contributed by atoms with Gasteiger partial charge in [0.05, 0.1) is 12.8 Å². The zero-order chi connectivity index (χ0) is 16.0. The van der Waals surface area contributed by atoms with E-state index in [4.69, 9.17) is 4.74 Å². The van der Waals surface area contributed by atoms with E-state index in [9.17, 15) is 9.18 Å². The van der Waals surface area contributed by atoms with E-state index in [1.54, 1.807) is 0 Å². The molecule has 2 N–H and O–H groups in total. The van der Waals surface area contributed by atoms with Crippen molar-refractivity contribution in [2.24, 2.45) is 23.7 Å². The zero-order valence-electron chi connectivity index (χ0n) is 13.3. The molecule has 5 unspecified atom stereocenters. The molecule has 3 saturated carbocycles. The standard InChI is InChI=1S/C18H23FN2O2/c1-23-17-9-11(19)5-6-15(17)20-18(22)21-16-8-10-7-14(16)13-4-2-3-12(10)13/h5-6,9-10,12-14,16H,2-4,7-8H2,1H3,(H2,20,21,22). The van der Waals surface area contributed by atoms with Crippen LogP contribution in [0.2, 0.25) is 0 Å². The summed E-state index contributed by atoms with van der Waals surface area (Å²) < 4.78 is 18.3. The molecule has 0 heterocycles. The number of halogens is 1. The number of urea groups is 1. The fraction of sp³-hybridized carbons (Fsp3) is 0.611. The molecule has 4 rings (SSSR count). The molecule has 4 nitrogen and oxygen atoms in total. The molecule has 3 fully saturated rings. The van der Waals surface area contributed by atoms with Gasteiger partial charge in [-0.2, -0.15) is 0 Å². The number of amides is 2. The molecular weight excluding hydrogens is 295 g/mol. The highest BCUT2D eigenvalue weighted by atomic mass is 19.1. The summed E-state index contributed by atoms with van der Waals surface area (Å²) in [6.07, 6.45) is 6.46. The molecule has 0 spiro atoms. The van der Waals surface area contributed by atoms with Crippen LogP contribution in [0.5, 0.6) is 5.75 Å². The number of hydrogen-bond acceptors (Lipinski definition) is 2. The number of rotatable bonds is 3. The van der Waals surface area contributed by atoms with Gasteiger partial charge in [0.1, 0.15) is 11.6 Å². The topological polar surface area (TPSA) is 50.4 Å². The monoisotopic (exact) mass is 318 g/mol. The van der Waals surface area contributed by atoms with Crippen LogP contribution in [-0.4, -0.2) is 19.2 Å². The average molecular weight is 318 g/mol. The van der Waals surface area contributed by atoms with Crippen molar-refractivity contribution in [3.05, 3.63) is 24.0 Å². The lowest BCUT2D eigenvalue weighted by molar-refractivity contribution is 0.203. The third-order valence-electron chi connectivity index (χ3n) is 6.16. The highest BCUT2D eigenvalue weighted by Gasteiger charge is 2.54. The number of nitrogens with one attached hydrogen (secondary N) is 2. The molecule has 3 aliphatic carbocycles. The Morgan fingerprint density at radius 2 is 2.04 bits per heavy atom. The maximum Gasteiger partial charge on any atom is 0.319 e. The fourth-order valence-corrected chi connectivity index (χ4v) is 5.33. The zero-order valence-corrected chi connectivity index (χ0v) is 13.3. The van der Waals surface area contributed by atoms with Crippen LogP contribution in [0, 0.1) is 29.5 Å². The Labute approximate surface area is 135 Å². The first kappa shape index (κ1) is 14.8. The van der Waals surface area contributed by atoms with Crippen molar-refractivity contribution >= 4 is 11.7 Å². The van der Waals surface area contributed by atoms with Gasteiger partial charge >= 0.3 is 6.03 Å². The molecule has 5 atom stereocenters. The molecule has 5 heteroatoms. The molecule has 124 valence electrons. The second-order valence-electron chi connectivity index (χ2n) is 7.20. The molecule has 1 aromatic rings. The van der Waals surface area contributed by atoms with E-state index in [1.807, 2.05) is 0 Å². The van der Waals surface area contributed by atoms with Crippen LogP contribution < -0.4 is 15.4 Å². The van der Waals surface area contributed by atoms with Gasteiger partial charge in [-0.1, -0.05) is 6.42 Å². The molecule has 0 radical (unpaired) electrons. The molecular formula is C18H23FN2O2. The molecule has 1 aromatic carbocycles. The Hall–Kier alpha value is -1.78. The van der Waals surface area contributed by atoms with Crippen molar-refractivity contribution in [3.63, 3.8) is 0 Å². The largest absolute Gasteiger partial charge is 0.494 e. The Balaban J connectivity index is 1.40. The average Bonchev–Trinajstić information content (AvgIpc) is 3.21. The van der Waals surface area contributed by atoms with Crippen molar-refractivity contribution in [2.75, 3.05) is 12.4 Å². The summed E-state index contributed by atoms with van der Waals surface area (Å²) in [6.45, 7) is 0. The minimum atomic E-state index is -0.381. The quantitative estimate of drug-likeness (QED) is 0.891. The van der Waals surface area contributed by atoms with Gasteiger partial charge in [-0.3, -0.25) is 0 Å². The van der Waals surface area contributed by atoms with E-state index in [2.05, 4.69) is 10.6 Å². The van der Waals surface area contributed by atoms with Crippen molar-refractivity contribution in [2.45, 2.75) is 38.1 Å². The highest BCUT2D eigenvalue weighted by molar-refractivity contribution is 5.91. The van der Waals surface area contributed by atoms with Crippen molar-refractivity contribution in [1.82, 2.24) is 5.32 Å². The molecule has 23 heavy (non-hydrogen) atoms. The SMILES string of the molecule is COc1cc(F)ccc1NC(=O)NC1CC2CC1C1CCCC21. The van der Waals surface area contributed by atoms with E-state index in [0.717, 1.165) is 24.2 Å². The van der Waals surface area contributed by atoms with Crippen LogP contribution in [0.15, 0.2) is 18.2 Å². The highest BCUT2D eigenvalue weighted by Crippen LogP contribution is 2.58. The predicted octanol–water partition coefficient (Wildman–Crippen LogP) is 3.78. The van der Waals surface area contributed by atoms with Gasteiger partial charge in [-0.05, 0) is 61.5 Å². The maximum atomic E-state index is 13.2. The summed E-state index contributed by atoms with van der Waals surface area (Å²) in [6, 6.07) is 4.18. The Morgan fingerprint density at radius 3 is 2.87 bits per heavy atom. The van der Waals surface area contributed by atoms with Crippen LogP contribution >= 0.6 is 0 Å². The van der Waals surface area contributed by atoms with Gasteiger partial charge in [-0.15, -0.1) is 0 Å². The smallest absolute Gasteiger partial charge is 0.319 e. The number of fused-ring (bicyclic) bond motifs is 5. The maximum absolute atomic E-state index is 13.2. The molecule has 2 bridgehead atoms. The third-order valence-corrected chi connectivity index (χ3v) is 6.16. The summed E-state index contributed by atoms with van der Waals surface area (Å²) in [5, 5.41) is 5.93. The number of anilines is 1. The molecule has 2 amide bonds. The van der Waals surface area contributed by atoms with Gasteiger partial charge < -0.3 is 15.4 Å². The lowest BCUT2D eigenvalue weighted by atomic mass is 9.79. The molecule has 3 aliphatic rings. The Morgan fingerprint density at radius 1 is 1.22 bits per heavy atom. The van der Waals surface area contributed by atoms with E-state index in [-0.39, 0.29) is 17.9 Å². The van der Waals surface area contributed by atoms with Crippen LogP contribution in [0.1, 0.15) is 32.1 Å². The van der Waals surface area contributed by atoms with Gasteiger partial charge in [0.15, 0.2) is 0 Å². The Kier molecular flexibility index (Phi) is 3.66. The van der Waals surface area contributed by atoms with E-state index < -0.39 is 0 Å². The van der Waals surface area contributed by atoms with Crippen LogP contribution in [0.3, 0.4) is 0 Å². The lowest BCUT2D eigenvalue weighted by Gasteiger charge is -2.32. The minimum Gasteiger partial charge on any atom is -0.494 e. The first-order valence-corrected chi connectivity index (χ1v) is 8.57. The van der Waals surface area contributed by atoms with Crippen LogP contribution in [0.25, 0.3) is 0 Å². The second-order valence-corrected chi connectivity index (χ2v) is 7.20. The number of carbonyl (C=O) groups is 1. The molecule has 0 aliphatic heterocycles. The minimum absolute atomic E-state index is 0.220. The first-order valence-electron chi connectivity index (χ1n) is 8.57.